The van der Waals surface area contributed by atoms with Crippen molar-refractivity contribution in [2.24, 2.45) is 0 Å². The zero-order valence-electron chi connectivity index (χ0n) is 20.4. The fourth-order valence-electron chi connectivity index (χ4n) is 4.32. The van der Waals surface area contributed by atoms with E-state index >= 15 is 0 Å². The van der Waals surface area contributed by atoms with Gasteiger partial charge in [-0.25, -0.2) is 4.68 Å². The molecule has 0 bridgehead atoms. The molecule has 2 aromatic heterocycles. The Morgan fingerprint density at radius 1 is 1.08 bits per heavy atom. The van der Waals surface area contributed by atoms with Gasteiger partial charge in [-0.1, -0.05) is 36.2 Å². The first-order valence-electron chi connectivity index (χ1n) is 11.5. The molecule has 0 radical (unpaired) electrons. The highest BCUT2D eigenvalue weighted by Crippen LogP contribution is 2.41. The molecule has 0 spiro atoms. The summed E-state index contributed by atoms with van der Waals surface area (Å²) in [6.45, 7) is 1.91. The third-order valence-corrected chi connectivity index (χ3v) is 6.47. The summed E-state index contributed by atoms with van der Waals surface area (Å²) in [5.41, 5.74) is 2.31. The van der Waals surface area contributed by atoms with Crippen LogP contribution in [0.4, 0.5) is 19.0 Å². The van der Waals surface area contributed by atoms with Crippen LogP contribution in [0.2, 0.25) is 10.0 Å². The Labute approximate surface area is 222 Å². The molecule has 0 atom stereocenters. The predicted octanol–water partition coefficient (Wildman–Crippen LogP) is 6.34. The molecule has 196 valence electrons. The lowest BCUT2D eigenvalue weighted by Crippen LogP contribution is -2.17. The lowest BCUT2D eigenvalue weighted by atomic mass is 9.99. The second kappa shape index (κ2) is 10.8. The lowest BCUT2D eigenvalue weighted by Gasteiger charge is -2.20. The molecule has 6 nitrogen and oxygen atoms in total. The molecule has 37 heavy (non-hydrogen) atoms. The maximum atomic E-state index is 13.3. The Balaban J connectivity index is 1.93. The first-order valence-corrected chi connectivity index (χ1v) is 12.3. The van der Waals surface area contributed by atoms with Crippen LogP contribution in [0.5, 0.6) is 5.75 Å². The van der Waals surface area contributed by atoms with Crippen LogP contribution in [-0.2, 0) is 19.0 Å². The third-order valence-electron chi connectivity index (χ3n) is 5.89. The average Bonchev–Trinajstić information content (AvgIpc) is 3.20. The minimum atomic E-state index is -4.59. The average molecular weight is 553 g/mol. The van der Waals surface area contributed by atoms with Gasteiger partial charge in [0.25, 0.3) is 0 Å². The van der Waals surface area contributed by atoms with E-state index in [1.165, 1.54) is 4.68 Å². The van der Waals surface area contributed by atoms with Crippen LogP contribution in [0.1, 0.15) is 29.3 Å². The summed E-state index contributed by atoms with van der Waals surface area (Å²) < 4.78 is 47.3. The molecule has 4 rings (SSSR count). The van der Waals surface area contributed by atoms with E-state index < -0.39 is 11.7 Å². The van der Waals surface area contributed by atoms with Gasteiger partial charge in [0.05, 0.1) is 33.4 Å². The van der Waals surface area contributed by atoms with Crippen molar-refractivity contribution in [1.29, 1.82) is 0 Å². The summed E-state index contributed by atoms with van der Waals surface area (Å²) in [7, 11) is 3.62. The van der Waals surface area contributed by atoms with Crippen LogP contribution in [0.15, 0.2) is 42.6 Å². The van der Waals surface area contributed by atoms with E-state index in [4.69, 9.17) is 33.0 Å². The van der Waals surface area contributed by atoms with Gasteiger partial charge in [0.1, 0.15) is 23.9 Å². The monoisotopic (exact) mass is 552 g/mol. The number of hydrogen-bond acceptors (Lipinski definition) is 5. The number of rotatable bonds is 8. The number of pyridine rings is 1. The number of hydrogen-bond donors (Lipinski definition) is 1. The molecule has 4 aromatic rings. The van der Waals surface area contributed by atoms with Crippen molar-refractivity contribution in [2.75, 3.05) is 32.2 Å². The molecule has 2 aromatic carbocycles. The minimum Gasteiger partial charge on any atom is -0.491 e. The van der Waals surface area contributed by atoms with Crippen LogP contribution in [0, 0.1) is 0 Å². The van der Waals surface area contributed by atoms with Crippen molar-refractivity contribution in [3.63, 3.8) is 0 Å². The number of anilines is 1. The number of fused-ring (bicyclic) bond motifs is 1. The molecule has 2 heterocycles. The molecular weight excluding hydrogens is 528 g/mol. The summed E-state index contributed by atoms with van der Waals surface area (Å²) >= 11 is 12.7. The van der Waals surface area contributed by atoms with Gasteiger partial charge < -0.3 is 14.7 Å². The first kappa shape index (κ1) is 27.0. The normalized spacial score (nSPS) is 11.8. The molecule has 0 saturated carbocycles. The Hall–Kier alpha value is -3.01. The third kappa shape index (κ3) is 5.35. The number of alkyl halides is 3. The highest BCUT2D eigenvalue weighted by Gasteiger charge is 2.33. The summed E-state index contributed by atoms with van der Waals surface area (Å²) in [4.78, 5) is 6.39. The summed E-state index contributed by atoms with van der Waals surface area (Å²) in [6.07, 6.45) is -1.99. The summed E-state index contributed by atoms with van der Waals surface area (Å²) in [5, 5.41) is 14.6. The lowest BCUT2D eigenvalue weighted by molar-refractivity contribution is -0.137. The predicted molar refractivity (Wildman–Crippen MR) is 139 cm³/mol. The fourth-order valence-corrected chi connectivity index (χ4v) is 4.97. The maximum absolute atomic E-state index is 13.3. The standard InChI is InChI=1S/C26H25Cl2F3N4O2/c1-4-21-17(14-18-22(37-11-10-36)8-7-15-6-5-9-32-23(15)18)25(34(2)3)35(33-21)24-19(27)12-16(13-20(24)28)26(29,30)31/h5-9,12-13,36H,4,10-11,14H2,1-3H3. The van der Waals surface area contributed by atoms with Crippen molar-refractivity contribution in [3.8, 4) is 11.4 Å². The van der Waals surface area contributed by atoms with E-state index in [0.717, 1.165) is 39.9 Å². The fraction of sp³-hybridized carbons (Fsp3) is 0.308. The number of aliphatic hydroxyl groups is 1. The van der Waals surface area contributed by atoms with Gasteiger partial charge in [-0.3, -0.25) is 4.98 Å². The van der Waals surface area contributed by atoms with Crippen LogP contribution in [-0.4, -0.2) is 47.2 Å². The van der Waals surface area contributed by atoms with Crippen molar-refractivity contribution < 1.29 is 23.0 Å². The molecular formula is C26H25Cl2F3N4O2. The number of ether oxygens (including phenoxy) is 1. The number of aromatic nitrogens is 3. The second-order valence-corrected chi connectivity index (χ2v) is 9.38. The number of halogens is 5. The van der Waals surface area contributed by atoms with Crippen LogP contribution >= 0.6 is 23.2 Å². The zero-order chi connectivity index (χ0) is 26.9. The van der Waals surface area contributed by atoms with E-state index in [-0.39, 0.29) is 28.9 Å². The maximum Gasteiger partial charge on any atom is 0.416 e. The Bertz CT molecular complexity index is 1410. The number of aliphatic hydroxyl groups excluding tert-OH is 1. The van der Waals surface area contributed by atoms with Crippen molar-refractivity contribution in [3.05, 3.63) is 75.0 Å². The summed E-state index contributed by atoms with van der Waals surface area (Å²) in [5.74, 6) is 1.19. The Kier molecular flexibility index (Phi) is 7.87. The quantitative estimate of drug-likeness (QED) is 0.276. The molecule has 0 saturated heterocycles. The molecule has 1 N–H and O–H groups in total. The number of benzene rings is 2. The van der Waals surface area contributed by atoms with E-state index in [0.29, 0.717) is 24.4 Å². The molecule has 0 amide bonds. The van der Waals surface area contributed by atoms with E-state index in [1.54, 1.807) is 6.20 Å². The van der Waals surface area contributed by atoms with Crippen molar-refractivity contribution >= 4 is 39.9 Å². The van der Waals surface area contributed by atoms with E-state index in [1.807, 2.05) is 50.2 Å². The van der Waals surface area contributed by atoms with Crippen LogP contribution < -0.4 is 9.64 Å². The van der Waals surface area contributed by atoms with Crippen LogP contribution in [0.3, 0.4) is 0 Å². The highest BCUT2D eigenvalue weighted by atomic mass is 35.5. The largest absolute Gasteiger partial charge is 0.491 e. The highest BCUT2D eigenvalue weighted by molar-refractivity contribution is 6.38. The molecule has 0 aliphatic carbocycles. The van der Waals surface area contributed by atoms with Crippen molar-refractivity contribution in [1.82, 2.24) is 14.8 Å². The van der Waals surface area contributed by atoms with E-state index in [9.17, 15) is 18.3 Å². The van der Waals surface area contributed by atoms with Gasteiger partial charge in [-0.2, -0.15) is 18.3 Å². The SMILES string of the molecule is CCc1nn(-c2c(Cl)cc(C(F)(F)F)cc2Cl)c(N(C)C)c1Cc1c(OCCO)ccc2cccnc12. The molecule has 0 aliphatic heterocycles. The van der Waals surface area contributed by atoms with Gasteiger partial charge in [0.15, 0.2) is 0 Å². The molecule has 0 unspecified atom stereocenters. The number of nitrogens with zero attached hydrogens (tertiary/aromatic N) is 4. The van der Waals surface area contributed by atoms with Gasteiger partial charge in [0, 0.05) is 43.2 Å². The topological polar surface area (TPSA) is 63.4 Å². The van der Waals surface area contributed by atoms with Crippen molar-refractivity contribution in [2.45, 2.75) is 25.9 Å². The minimum absolute atomic E-state index is 0.114. The van der Waals surface area contributed by atoms with Gasteiger partial charge >= 0.3 is 6.18 Å². The molecule has 0 fully saturated rings. The molecule has 11 heteroatoms. The van der Waals surface area contributed by atoms with Gasteiger partial charge in [-0.15, -0.1) is 0 Å². The Morgan fingerprint density at radius 3 is 2.38 bits per heavy atom. The smallest absolute Gasteiger partial charge is 0.416 e. The van der Waals surface area contributed by atoms with E-state index in [2.05, 4.69) is 4.98 Å². The summed E-state index contributed by atoms with van der Waals surface area (Å²) in [6, 6.07) is 9.23. The zero-order valence-corrected chi connectivity index (χ0v) is 21.9. The number of aryl methyl sites for hydroxylation is 1. The van der Waals surface area contributed by atoms with Gasteiger partial charge in [0.2, 0.25) is 0 Å². The first-order chi connectivity index (χ1) is 17.6. The van der Waals surface area contributed by atoms with Crippen LogP contribution in [0.25, 0.3) is 16.6 Å². The Morgan fingerprint density at radius 2 is 1.78 bits per heavy atom. The van der Waals surface area contributed by atoms with Gasteiger partial charge in [-0.05, 0) is 36.8 Å². The second-order valence-electron chi connectivity index (χ2n) is 8.56. The molecule has 0 aliphatic rings.